The summed E-state index contributed by atoms with van der Waals surface area (Å²) in [5.74, 6) is 1.66. The highest BCUT2D eigenvalue weighted by molar-refractivity contribution is 6.32. The number of imidazole rings is 1. The van der Waals surface area contributed by atoms with E-state index in [-0.39, 0.29) is 5.78 Å². The monoisotopic (exact) mass is 480 g/mol. The average molecular weight is 481 g/mol. The van der Waals surface area contributed by atoms with Crippen LogP contribution in [0.15, 0.2) is 42.2 Å². The Bertz CT molecular complexity index is 1220. The number of Topliss-reactive ketones (excluding diaryl/α,β-unsaturated/α-hetero) is 1. The summed E-state index contributed by atoms with van der Waals surface area (Å²) in [5, 5.41) is 4.40. The zero-order chi connectivity index (χ0) is 24.2. The number of nitrogens with zero attached hydrogens (tertiary/aromatic N) is 2. The standard InChI is InChI=1S/C27H33ClN4O2/c1-17(29)26(18(2)33)20-13-14-32-25(16-20)31-23(27(32)30-21-7-5-4-6-8-21)11-9-19-10-12-24(34-3)22(28)15-19/h10,12-16,21,30H,4-9,11,29H2,1-3H3. The molecule has 0 atom stereocenters. The third-order valence-electron chi connectivity index (χ3n) is 6.55. The van der Waals surface area contributed by atoms with E-state index in [1.54, 1.807) is 21.0 Å². The number of ether oxygens (including phenoxy) is 1. The van der Waals surface area contributed by atoms with Crippen LogP contribution in [0.2, 0.25) is 5.02 Å². The highest BCUT2D eigenvalue weighted by atomic mass is 35.5. The van der Waals surface area contributed by atoms with Crippen LogP contribution < -0.4 is 15.8 Å². The summed E-state index contributed by atoms with van der Waals surface area (Å²) in [5.41, 5.74) is 10.8. The smallest absolute Gasteiger partial charge is 0.162 e. The molecule has 7 heteroatoms. The van der Waals surface area contributed by atoms with E-state index in [0.717, 1.165) is 41.1 Å². The van der Waals surface area contributed by atoms with Crippen molar-refractivity contribution in [3.63, 3.8) is 0 Å². The quantitative estimate of drug-likeness (QED) is 0.398. The molecule has 1 aromatic carbocycles. The second-order valence-corrected chi connectivity index (χ2v) is 9.52. The minimum atomic E-state index is -0.0481. The number of aromatic nitrogens is 2. The Morgan fingerprint density at radius 3 is 2.59 bits per heavy atom. The third-order valence-corrected chi connectivity index (χ3v) is 6.84. The summed E-state index contributed by atoms with van der Waals surface area (Å²) in [7, 11) is 1.62. The number of carbonyl (C=O) groups excluding carboxylic acids is 1. The predicted octanol–water partition coefficient (Wildman–Crippen LogP) is 5.80. The Labute approximate surface area is 206 Å². The number of allylic oxidation sites excluding steroid dienone is 2. The van der Waals surface area contributed by atoms with E-state index < -0.39 is 0 Å². The molecule has 34 heavy (non-hydrogen) atoms. The van der Waals surface area contributed by atoms with Gasteiger partial charge in [0.2, 0.25) is 0 Å². The number of aryl methyl sites for hydroxylation is 2. The summed E-state index contributed by atoms with van der Waals surface area (Å²) in [4.78, 5) is 17.2. The zero-order valence-corrected chi connectivity index (χ0v) is 20.9. The number of hydrogen-bond acceptors (Lipinski definition) is 5. The minimum Gasteiger partial charge on any atom is -0.495 e. The van der Waals surface area contributed by atoms with Crippen molar-refractivity contribution in [2.75, 3.05) is 12.4 Å². The van der Waals surface area contributed by atoms with Crippen molar-refractivity contribution in [2.24, 2.45) is 5.73 Å². The molecule has 0 saturated heterocycles. The molecule has 6 nitrogen and oxygen atoms in total. The molecule has 2 heterocycles. The highest BCUT2D eigenvalue weighted by Crippen LogP contribution is 2.29. The first-order chi connectivity index (χ1) is 16.4. The lowest BCUT2D eigenvalue weighted by atomic mass is 9.95. The van der Waals surface area contributed by atoms with Crippen LogP contribution >= 0.6 is 11.6 Å². The maximum atomic E-state index is 12.2. The Morgan fingerprint density at radius 1 is 1.18 bits per heavy atom. The molecule has 4 rings (SSSR count). The Balaban J connectivity index is 1.69. The molecule has 1 saturated carbocycles. The second-order valence-electron chi connectivity index (χ2n) is 9.11. The van der Waals surface area contributed by atoms with Crippen molar-refractivity contribution in [1.82, 2.24) is 9.38 Å². The van der Waals surface area contributed by atoms with Crippen LogP contribution in [0.4, 0.5) is 5.82 Å². The van der Waals surface area contributed by atoms with Gasteiger partial charge in [0, 0.05) is 23.5 Å². The van der Waals surface area contributed by atoms with Crippen LogP contribution in [-0.4, -0.2) is 28.3 Å². The summed E-state index contributed by atoms with van der Waals surface area (Å²) in [6.45, 7) is 3.30. The lowest BCUT2D eigenvalue weighted by Gasteiger charge is -2.24. The van der Waals surface area contributed by atoms with E-state index in [2.05, 4.69) is 9.72 Å². The van der Waals surface area contributed by atoms with E-state index >= 15 is 0 Å². The molecule has 0 bridgehead atoms. The number of nitrogens with two attached hydrogens (primary N) is 1. The molecule has 0 unspecified atom stereocenters. The first-order valence-electron chi connectivity index (χ1n) is 11.9. The van der Waals surface area contributed by atoms with Gasteiger partial charge in [0.15, 0.2) is 5.78 Å². The van der Waals surface area contributed by atoms with Crippen LogP contribution in [0.3, 0.4) is 0 Å². The number of halogens is 1. The number of hydrogen-bond donors (Lipinski definition) is 2. The van der Waals surface area contributed by atoms with Crippen LogP contribution in [0.25, 0.3) is 11.2 Å². The molecule has 0 spiro atoms. The number of methoxy groups -OCH3 is 1. The first kappa shape index (κ1) is 24.1. The van der Waals surface area contributed by atoms with Crippen molar-refractivity contribution in [1.29, 1.82) is 0 Å². The first-order valence-corrected chi connectivity index (χ1v) is 12.3. The molecule has 180 valence electrons. The van der Waals surface area contributed by atoms with Gasteiger partial charge in [0.25, 0.3) is 0 Å². The van der Waals surface area contributed by atoms with Crippen molar-refractivity contribution < 1.29 is 9.53 Å². The second kappa shape index (κ2) is 10.5. The fourth-order valence-corrected chi connectivity index (χ4v) is 5.13. The van der Waals surface area contributed by atoms with Crippen LogP contribution in [-0.2, 0) is 17.6 Å². The molecule has 0 amide bonds. The molecule has 2 aromatic heterocycles. The number of anilines is 1. The summed E-state index contributed by atoms with van der Waals surface area (Å²) < 4.78 is 7.37. The minimum absolute atomic E-state index is 0.0481. The molecule has 3 aromatic rings. The molecule has 1 aliphatic carbocycles. The Hall–Kier alpha value is -2.99. The number of carbonyl (C=O) groups is 1. The highest BCUT2D eigenvalue weighted by Gasteiger charge is 2.20. The zero-order valence-electron chi connectivity index (χ0n) is 20.2. The molecule has 0 radical (unpaired) electrons. The van der Waals surface area contributed by atoms with Gasteiger partial charge in [-0.15, -0.1) is 0 Å². The molecular weight excluding hydrogens is 448 g/mol. The average Bonchev–Trinajstić information content (AvgIpc) is 3.14. The van der Waals surface area contributed by atoms with E-state index in [9.17, 15) is 4.79 Å². The number of pyridine rings is 1. The Kier molecular flexibility index (Phi) is 7.47. The number of fused-ring (bicyclic) bond motifs is 1. The van der Waals surface area contributed by atoms with Gasteiger partial charge in [-0.25, -0.2) is 4.98 Å². The van der Waals surface area contributed by atoms with Crippen molar-refractivity contribution >= 4 is 34.4 Å². The number of ketones is 1. The number of rotatable bonds is 8. The van der Waals surface area contributed by atoms with Gasteiger partial charge in [-0.3, -0.25) is 9.20 Å². The van der Waals surface area contributed by atoms with Crippen LogP contribution in [0.5, 0.6) is 5.75 Å². The van der Waals surface area contributed by atoms with Gasteiger partial charge in [0.05, 0.1) is 17.8 Å². The number of nitrogens with one attached hydrogen (secondary N) is 1. The maximum absolute atomic E-state index is 12.2. The SMILES string of the molecule is COc1ccc(CCc2nc3cc(C(C(C)=O)=C(C)N)ccn3c2NC2CCCCC2)cc1Cl. The lowest BCUT2D eigenvalue weighted by Crippen LogP contribution is -2.23. The van der Waals surface area contributed by atoms with Crippen molar-refractivity contribution in [3.05, 3.63) is 64.1 Å². The van der Waals surface area contributed by atoms with Crippen LogP contribution in [0.1, 0.15) is 62.8 Å². The summed E-state index contributed by atoms with van der Waals surface area (Å²) >= 11 is 6.33. The summed E-state index contributed by atoms with van der Waals surface area (Å²) in [6, 6.07) is 10.2. The molecule has 0 aliphatic heterocycles. The normalized spacial score (nSPS) is 15.3. The van der Waals surface area contributed by atoms with Crippen molar-refractivity contribution in [2.45, 2.75) is 64.8 Å². The molecule has 3 N–H and O–H groups in total. The van der Waals surface area contributed by atoms with Gasteiger partial charge in [-0.05, 0) is 74.9 Å². The predicted molar refractivity (Wildman–Crippen MR) is 139 cm³/mol. The third kappa shape index (κ3) is 5.22. The molecule has 1 aliphatic rings. The fourth-order valence-electron chi connectivity index (χ4n) is 4.85. The van der Waals surface area contributed by atoms with E-state index in [4.69, 9.17) is 27.1 Å². The number of benzene rings is 1. The van der Waals surface area contributed by atoms with Crippen molar-refractivity contribution in [3.8, 4) is 5.75 Å². The summed E-state index contributed by atoms with van der Waals surface area (Å²) in [6.07, 6.45) is 9.70. The maximum Gasteiger partial charge on any atom is 0.162 e. The van der Waals surface area contributed by atoms with E-state index in [1.165, 1.54) is 32.1 Å². The molecular formula is C27H33ClN4O2. The van der Waals surface area contributed by atoms with Gasteiger partial charge < -0.3 is 15.8 Å². The van der Waals surface area contributed by atoms with Crippen LogP contribution in [0, 0.1) is 0 Å². The van der Waals surface area contributed by atoms with Gasteiger partial charge in [0.1, 0.15) is 17.2 Å². The largest absolute Gasteiger partial charge is 0.495 e. The van der Waals surface area contributed by atoms with E-state index in [1.807, 2.05) is 36.5 Å². The van der Waals surface area contributed by atoms with Gasteiger partial charge in [-0.2, -0.15) is 0 Å². The lowest BCUT2D eigenvalue weighted by molar-refractivity contribution is -0.111. The fraction of sp³-hybridized carbons (Fsp3) is 0.407. The molecule has 1 fully saturated rings. The van der Waals surface area contributed by atoms with Gasteiger partial charge >= 0.3 is 0 Å². The topological polar surface area (TPSA) is 81.6 Å². The van der Waals surface area contributed by atoms with E-state index in [0.29, 0.717) is 28.1 Å². The van der Waals surface area contributed by atoms with Gasteiger partial charge in [-0.1, -0.05) is 36.9 Å². The Morgan fingerprint density at radius 2 is 1.94 bits per heavy atom.